The van der Waals surface area contributed by atoms with Gasteiger partial charge >= 0.3 is 0 Å². The summed E-state index contributed by atoms with van der Waals surface area (Å²) in [5.74, 6) is -4.17. The summed E-state index contributed by atoms with van der Waals surface area (Å²) in [6, 6.07) is 6.51. The maximum absolute atomic E-state index is 13.7. The lowest BCUT2D eigenvalue weighted by molar-refractivity contribution is -0.139. The lowest BCUT2D eigenvalue weighted by atomic mass is 10.1. The number of halogens is 3. The largest absolute Gasteiger partial charge is 0.352 e. The molecular formula is C22H26F3N3O4S. The van der Waals surface area contributed by atoms with Crippen molar-refractivity contribution in [2.24, 2.45) is 0 Å². The molecule has 0 spiro atoms. The maximum atomic E-state index is 13.7. The molecular weight excluding hydrogens is 459 g/mol. The smallest absolute Gasteiger partial charge is 0.244 e. The van der Waals surface area contributed by atoms with Gasteiger partial charge in [-0.1, -0.05) is 12.1 Å². The van der Waals surface area contributed by atoms with E-state index in [-0.39, 0.29) is 18.3 Å². The van der Waals surface area contributed by atoms with Gasteiger partial charge in [0.2, 0.25) is 21.8 Å². The van der Waals surface area contributed by atoms with Crippen LogP contribution < -0.4 is 9.62 Å². The van der Waals surface area contributed by atoms with Gasteiger partial charge in [-0.25, -0.2) is 21.6 Å². The van der Waals surface area contributed by atoms with Crippen LogP contribution in [0.1, 0.15) is 26.3 Å². The number of nitrogens with zero attached hydrogens (tertiary/aromatic N) is 2. The monoisotopic (exact) mass is 485 g/mol. The maximum Gasteiger partial charge on any atom is 0.244 e. The van der Waals surface area contributed by atoms with Crippen LogP contribution in [0.4, 0.5) is 18.9 Å². The normalized spacial score (nSPS) is 12.4. The molecule has 2 aromatic carbocycles. The highest BCUT2D eigenvalue weighted by atomic mass is 32.2. The zero-order valence-corrected chi connectivity index (χ0v) is 19.5. The van der Waals surface area contributed by atoms with Gasteiger partial charge in [0, 0.05) is 18.7 Å². The Kier molecular flexibility index (Phi) is 8.48. The summed E-state index contributed by atoms with van der Waals surface area (Å²) >= 11 is 0. The molecule has 1 atom stereocenters. The number of anilines is 1. The van der Waals surface area contributed by atoms with Gasteiger partial charge in [-0.2, -0.15) is 0 Å². The molecule has 11 heteroatoms. The van der Waals surface area contributed by atoms with Crippen LogP contribution in [0, 0.1) is 17.5 Å². The van der Waals surface area contributed by atoms with Crippen LogP contribution in [-0.2, 0) is 26.2 Å². The van der Waals surface area contributed by atoms with Gasteiger partial charge < -0.3 is 10.2 Å². The Morgan fingerprint density at radius 3 is 2.09 bits per heavy atom. The molecule has 0 bridgehead atoms. The molecule has 0 radical (unpaired) electrons. The van der Waals surface area contributed by atoms with Crippen LogP contribution >= 0.6 is 0 Å². The standard InChI is InChI=1S/C22H26F3N3O4S/c1-14(2)26-22(30)15(3)27(12-16-5-7-17(23)8-6-16)21(29)13-28(33(4,31)32)18-9-10-19(24)20(25)11-18/h5-11,14-15H,12-13H2,1-4H3,(H,26,30)/t15-/m1/s1. The van der Waals surface area contributed by atoms with Crippen molar-refractivity contribution in [2.75, 3.05) is 17.1 Å². The summed E-state index contributed by atoms with van der Waals surface area (Å²) in [4.78, 5) is 27.0. The predicted octanol–water partition coefficient (Wildman–Crippen LogP) is 2.81. The van der Waals surface area contributed by atoms with E-state index in [2.05, 4.69) is 5.32 Å². The van der Waals surface area contributed by atoms with Gasteiger partial charge in [0.15, 0.2) is 11.6 Å². The van der Waals surface area contributed by atoms with Gasteiger partial charge in [-0.15, -0.1) is 0 Å². The molecule has 0 saturated carbocycles. The lowest BCUT2D eigenvalue weighted by Crippen LogP contribution is -2.52. The van der Waals surface area contributed by atoms with E-state index >= 15 is 0 Å². The van der Waals surface area contributed by atoms with E-state index < -0.39 is 51.9 Å². The molecule has 0 aromatic heterocycles. The second kappa shape index (κ2) is 10.7. The van der Waals surface area contributed by atoms with Crippen molar-refractivity contribution in [3.63, 3.8) is 0 Å². The van der Waals surface area contributed by atoms with E-state index in [1.165, 1.54) is 31.2 Å². The highest BCUT2D eigenvalue weighted by Gasteiger charge is 2.30. The molecule has 180 valence electrons. The average Bonchev–Trinajstić information content (AvgIpc) is 2.71. The van der Waals surface area contributed by atoms with Crippen molar-refractivity contribution in [3.05, 3.63) is 65.5 Å². The highest BCUT2D eigenvalue weighted by Crippen LogP contribution is 2.21. The number of carbonyl (C=O) groups is 2. The van der Waals surface area contributed by atoms with E-state index in [9.17, 15) is 31.2 Å². The summed E-state index contributed by atoms with van der Waals surface area (Å²) in [5, 5.41) is 2.69. The molecule has 2 amide bonds. The van der Waals surface area contributed by atoms with Crippen molar-refractivity contribution in [1.82, 2.24) is 10.2 Å². The lowest BCUT2D eigenvalue weighted by Gasteiger charge is -2.31. The highest BCUT2D eigenvalue weighted by molar-refractivity contribution is 7.92. The van der Waals surface area contributed by atoms with E-state index in [0.717, 1.165) is 23.3 Å². The van der Waals surface area contributed by atoms with Crippen LogP contribution in [0.3, 0.4) is 0 Å². The first kappa shape index (κ1) is 26.2. The molecule has 0 aliphatic rings. The fourth-order valence-corrected chi connectivity index (χ4v) is 3.87. The number of rotatable bonds is 9. The first-order chi connectivity index (χ1) is 15.3. The second-order valence-electron chi connectivity index (χ2n) is 7.86. The summed E-state index contributed by atoms with van der Waals surface area (Å²) in [7, 11) is -4.07. The number of hydrogen-bond acceptors (Lipinski definition) is 4. The number of carbonyl (C=O) groups excluding carboxylic acids is 2. The first-order valence-electron chi connectivity index (χ1n) is 10.1. The third-order valence-corrected chi connectivity index (χ3v) is 5.88. The molecule has 0 fully saturated rings. The zero-order valence-electron chi connectivity index (χ0n) is 18.7. The summed E-state index contributed by atoms with van der Waals surface area (Å²) in [6.45, 7) is 4.09. The molecule has 0 heterocycles. The SMILES string of the molecule is CC(C)NC(=O)[C@@H](C)N(Cc1ccc(F)cc1)C(=O)CN(c1ccc(F)c(F)c1)S(C)(=O)=O. The van der Waals surface area contributed by atoms with Crippen molar-refractivity contribution in [3.8, 4) is 0 Å². The predicted molar refractivity (Wildman–Crippen MR) is 118 cm³/mol. The first-order valence-corrected chi connectivity index (χ1v) is 11.9. The van der Waals surface area contributed by atoms with E-state index in [1.807, 2.05) is 0 Å². The van der Waals surface area contributed by atoms with Crippen molar-refractivity contribution in [2.45, 2.75) is 39.4 Å². The Hall–Kier alpha value is -3.08. The summed E-state index contributed by atoms with van der Waals surface area (Å²) in [5.41, 5.74) is 0.262. The van der Waals surface area contributed by atoms with Gasteiger partial charge in [0.1, 0.15) is 18.4 Å². The van der Waals surface area contributed by atoms with E-state index in [0.29, 0.717) is 15.9 Å². The minimum absolute atomic E-state index is 0.110. The molecule has 2 aromatic rings. The fraction of sp³-hybridized carbons (Fsp3) is 0.364. The second-order valence-corrected chi connectivity index (χ2v) is 9.76. The zero-order chi connectivity index (χ0) is 24.9. The minimum atomic E-state index is -4.07. The summed E-state index contributed by atoms with van der Waals surface area (Å²) < 4.78 is 65.7. The van der Waals surface area contributed by atoms with Gasteiger partial charge in [-0.05, 0) is 50.6 Å². The van der Waals surface area contributed by atoms with Crippen molar-refractivity contribution < 1.29 is 31.2 Å². The molecule has 7 nitrogen and oxygen atoms in total. The molecule has 0 aliphatic heterocycles. The molecule has 33 heavy (non-hydrogen) atoms. The molecule has 0 saturated heterocycles. The fourth-order valence-electron chi connectivity index (χ4n) is 3.03. The third-order valence-electron chi connectivity index (χ3n) is 4.73. The van der Waals surface area contributed by atoms with Crippen LogP contribution in [0.25, 0.3) is 0 Å². The van der Waals surface area contributed by atoms with Crippen LogP contribution in [0.5, 0.6) is 0 Å². The van der Waals surface area contributed by atoms with Crippen LogP contribution in [-0.4, -0.2) is 50.0 Å². The number of benzene rings is 2. The topological polar surface area (TPSA) is 86.8 Å². The van der Waals surface area contributed by atoms with Gasteiger partial charge in [0.25, 0.3) is 0 Å². The van der Waals surface area contributed by atoms with Gasteiger partial charge in [0.05, 0.1) is 11.9 Å². The Bertz CT molecular complexity index is 1110. The average molecular weight is 486 g/mol. The minimum Gasteiger partial charge on any atom is -0.352 e. The number of nitrogens with one attached hydrogen (secondary N) is 1. The number of hydrogen-bond donors (Lipinski definition) is 1. The summed E-state index contributed by atoms with van der Waals surface area (Å²) in [6.07, 6.45) is 0.820. The Labute approximate surface area is 191 Å². The Morgan fingerprint density at radius 2 is 1.58 bits per heavy atom. The number of amides is 2. The van der Waals surface area contributed by atoms with Crippen molar-refractivity contribution in [1.29, 1.82) is 0 Å². The quantitative estimate of drug-likeness (QED) is 0.592. The Balaban J connectivity index is 2.40. The van der Waals surface area contributed by atoms with E-state index in [4.69, 9.17) is 0 Å². The van der Waals surface area contributed by atoms with Crippen molar-refractivity contribution >= 4 is 27.5 Å². The number of sulfonamides is 1. The molecule has 1 N–H and O–H groups in total. The van der Waals surface area contributed by atoms with Crippen LogP contribution in [0.2, 0.25) is 0 Å². The molecule has 0 unspecified atom stereocenters. The van der Waals surface area contributed by atoms with Gasteiger partial charge in [-0.3, -0.25) is 13.9 Å². The van der Waals surface area contributed by atoms with E-state index in [1.54, 1.807) is 13.8 Å². The van der Waals surface area contributed by atoms with Crippen LogP contribution in [0.15, 0.2) is 42.5 Å². The molecule has 2 rings (SSSR count). The molecule has 0 aliphatic carbocycles. The third kappa shape index (κ3) is 7.21. The Morgan fingerprint density at radius 1 is 0.970 bits per heavy atom.